The van der Waals surface area contributed by atoms with Crippen molar-refractivity contribution in [2.75, 3.05) is 19.8 Å². The largest absolute Gasteiger partial charge is 0.481 e. The van der Waals surface area contributed by atoms with Gasteiger partial charge in [-0.1, -0.05) is 168 Å². The minimum Gasteiger partial charge on any atom is -0.481 e. The van der Waals surface area contributed by atoms with Crippen LogP contribution in [0.15, 0.2) is 0 Å². The summed E-state index contributed by atoms with van der Waals surface area (Å²) in [5.74, 6) is -2.51. The second-order valence-corrected chi connectivity index (χ2v) is 19.6. The maximum Gasteiger partial charge on any atom is 0.303 e. The number of hydrogen-bond donors (Lipinski definition) is 9. The molecule has 0 spiro atoms. The first-order valence-electron chi connectivity index (χ1n) is 26.3. The highest BCUT2D eigenvalue weighted by molar-refractivity contribution is 5.67. The molecule has 3 aliphatic heterocycles. The van der Waals surface area contributed by atoms with Crippen molar-refractivity contribution < 1.29 is 79.2 Å². The van der Waals surface area contributed by atoms with E-state index in [0.717, 1.165) is 38.5 Å². The van der Waals surface area contributed by atoms with E-state index in [1.807, 2.05) is 0 Å². The van der Waals surface area contributed by atoms with Crippen molar-refractivity contribution in [3.05, 3.63) is 0 Å². The molecule has 3 heterocycles. The Morgan fingerprint density at radius 1 is 0.485 bits per heavy atom. The molecule has 0 saturated carbocycles. The van der Waals surface area contributed by atoms with Crippen LogP contribution in [0.25, 0.3) is 0 Å². The van der Waals surface area contributed by atoms with Crippen molar-refractivity contribution in [2.24, 2.45) is 11.8 Å². The van der Waals surface area contributed by atoms with Crippen molar-refractivity contribution in [2.45, 2.75) is 280 Å². The van der Waals surface area contributed by atoms with Crippen molar-refractivity contribution in [1.29, 1.82) is 0 Å². The van der Waals surface area contributed by atoms with Crippen LogP contribution in [0.1, 0.15) is 194 Å². The molecule has 0 bridgehead atoms. The van der Waals surface area contributed by atoms with Gasteiger partial charge in [0.25, 0.3) is 0 Å². The van der Waals surface area contributed by atoms with Crippen LogP contribution >= 0.6 is 0 Å². The molecule has 0 radical (unpaired) electrons. The molecule has 9 N–H and O–H groups in total. The van der Waals surface area contributed by atoms with Gasteiger partial charge in [-0.25, -0.2) is 0 Å². The zero-order chi connectivity index (χ0) is 48.3. The quantitative estimate of drug-likeness (QED) is 0.0324. The number of aliphatic hydroxyl groups excluding tert-OH is 8. The fourth-order valence-corrected chi connectivity index (χ4v) is 9.74. The van der Waals surface area contributed by atoms with Gasteiger partial charge in [0.05, 0.1) is 38.4 Å². The van der Waals surface area contributed by atoms with Gasteiger partial charge < -0.3 is 74.4 Å². The highest BCUT2D eigenvalue weighted by atomic mass is 16.8. The molecule has 3 rings (SSSR count). The zero-order valence-electron chi connectivity index (χ0n) is 40.8. The highest BCUT2D eigenvalue weighted by Crippen LogP contribution is 2.36. The smallest absolute Gasteiger partial charge is 0.303 e. The third-order valence-electron chi connectivity index (χ3n) is 14.0. The summed E-state index contributed by atoms with van der Waals surface area (Å²) in [6, 6.07) is 0. The fraction of sp³-hybridized carbons (Fsp3) is 0.980. The molecular formula is C50H94O16. The third kappa shape index (κ3) is 20.7. The Morgan fingerprint density at radius 2 is 0.909 bits per heavy atom. The van der Waals surface area contributed by atoms with Crippen LogP contribution in [0.3, 0.4) is 0 Å². The molecule has 3 fully saturated rings. The molecular weight excluding hydrogens is 857 g/mol. The number of aliphatic hydroxyl groups is 8. The summed E-state index contributed by atoms with van der Waals surface area (Å²) >= 11 is 0. The molecule has 3 saturated heterocycles. The predicted molar refractivity (Wildman–Crippen MR) is 248 cm³/mol. The fourth-order valence-electron chi connectivity index (χ4n) is 9.74. The van der Waals surface area contributed by atoms with E-state index in [9.17, 15) is 50.8 Å². The number of carboxylic acid groups (broad SMARTS) is 1. The Morgan fingerprint density at radius 3 is 1.36 bits per heavy atom. The van der Waals surface area contributed by atoms with Gasteiger partial charge in [-0.15, -0.1) is 0 Å². The third-order valence-corrected chi connectivity index (χ3v) is 14.0. The van der Waals surface area contributed by atoms with Crippen LogP contribution in [-0.2, 0) is 33.2 Å². The van der Waals surface area contributed by atoms with E-state index < -0.39 is 118 Å². The Balaban J connectivity index is 1.70. The van der Waals surface area contributed by atoms with Gasteiger partial charge in [0, 0.05) is 5.92 Å². The van der Waals surface area contributed by atoms with E-state index in [1.54, 1.807) is 0 Å². The van der Waals surface area contributed by atoms with E-state index in [0.29, 0.717) is 0 Å². The summed E-state index contributed by atoms with van der Waals surface area (Å²) in [5.41, 5.74) is 0. The Bertz CT molecular complexity index is 1190. The Hall–Kier alpha value is -1.09. The highest BCUT2D eigenvalue weighted by Gasteiger charge is 2.54. The van der Waals surface area contributed by atoms with Crippen molar-refractivity contribution >= 4 is 5.97 Å². The van der Waals surface area contributed by atoms with Gasteiger partial charge in [0.15, 0.2) is 18.9 Å². The minimum atomic E-state index is -1.77. The Kier molecular flexibility index (Phi) is 30.7. The molecule has 0 amide bonds. The van der Waals surface area contributed by atoms with Gasteiger partial charge in [-0.3, -0.25) is 4.79 Å². The minimum absolute atomic E-state index is 0.153. The van der Waals surface area contributed by atoms with Crippen LogP contribution in [0.2, 0.25) is 0 Å². The maximum atomic E-state index is 12.0. The number of carbonyl (C=O) groups is 1. The van der Waals surface area contributed by atoms with E-state index in [2.05, 4.69) is 13.8 Å². The summed E-state index contributed by atoms with van der Waals surface area (Å²) in [6.45, 7) is 4.74. The van der Waals surface area contributed by atoms with Crippen LogP contribution in [0, 0.1) is 11.8 Å². The molecule has 15 atom stereocenters. The normalized spacial score (nSPS) is 32.9. The maximum absolute atomic E-state index is 12.0. The van der Waals surface area contributed by atoms with Gasteiger partial charge in [0.1, 0.15) is 54.9 Å². The van der Waals surface area contributed by atoms with E-state index in [1.165, 1.54) is 135 Å². The first-order valence-corrected chi connectivity index (χ1v) is 26.3. The first-order chi connectivity index (χ1) is 31.9. The van der Waals surface area contributed by atoms with E-state index in [4.69, 9.17) is 28.4 Å². The second-order valence-electron chi connectivity index (χ2n) is 19.6. The lowest BCUT2D eigenvalue weighted by Crippen LogP contribution is -2.66. The van der Waals surface area contributed by atoms with Crippen LogP contribution in [0.5, 0.6) is 0 Å². The lowest BCUT2D eigenvalue weighted by Gasteiger charge is -2.49. The number of hydrogen-bond acceptors (Lipinski definition) is 15. The summed E-state index contributed by atoms with van der Waals surface area (Å²) in [7, 11) is 0. The van der Waals surface area contributed by atoms with Gasteiger partial charge in [0.2, 0.25) is 0 Å². The summed E-state index contributed by atoms with van der Waals surface area (Å²) in [5, 5.41) is 96.0. The van der Waals surface area contributed by atoms with Gasteiger partial charge in [-0.05, 0) is 25.7 Å². The molecule has 66 heavy (non-hydrogen) atoms. The molecule has 3 aliphatic rings. The summed E-state index contributed by atoms with van der Waals surface area (Å²) in [6.07, 6.45) is 9.85. The van der Waals surface area contributed by atoms with Crippen molar-refractivity contribution in [3.63, 3.8) is 0 Å². The monoisotopic (exact) mass is 951 g/mol. The molecule has 0 aliphatic carbocycles. The average Bonchev–Trinajstić information content (AvgIpc) is 3.30. The van der Waals surface area contributed by atoms with Crippen LogP contribution < -0.4 is 0 Å². The predicted octanol–water partition coefficient (Wildman–Crippen LogP) is 6.01. The topological polar surface area (TPSA) is 255 Å². The zero-order valence-corrected chi connectivity index (χ0v) is 40.8. The lowest BCUT2D eigenvalue weighted by atomic mass is 9.86. The second kappa shape index (κ2) is 34.3. The number of carboxylic acids is 1. The van der Waals surface area contributed by atoms with E-state index in [-0.39, 0.29) is 12.5 Å². The molecule has 0 aromatic rings. The average molecular weight is 951 g/mol. The number of unbranched alkanes of at least 4 members (excludes halogenated alkanes) is 22. The molecule has 16 heteroatoms. The molecule has 390 valence electrons. The van der Waals surface area contributed by atoms with Crippen LogP contribution in [-0.4, -0.2) is 158 Å². The lowest BCUT2D eigenvalue weighted by molar-refractivity contribution is -0.384. The van der Waals surface area contributed by atoms with Gasteiger partial charge in [-0.2, -0.15) is 0 Å². The standard InChI is InChI=1S/C50H94O16/c1-4-6-8-10-12-14-16-18-20-22-24-26-28-35(29-27-25-23-21-19-17-15-13-11-9-7-5-2)33-61-48-45(60)47(66-49-42(57)36(30-39(53)54)41(56)37(31-51)63-49)46(38(32-52)64-48)65-50-44(59)43(58)40(55)34(3)62-50/h34-38,40-52,55-60H,4-33H2,1-3H3,(H,53,54)/t34-,36+,37-,38+,40+,41-,42-,43+,44-,45+,46-,47+,48+,49+,50-/m0/s1. The summed E-state index contributed by atoms with van der Waals surface area (Å²) in [4.78, 5) is 11.7. The van der Waals surface area contributed by atoms with Crippen molar-refractivity contribution in [3.8, 4) is 0 Å². The summed E-state index contributed by atoms with van der Waals surface area (Å²) < 4.78 is 36.2. The molecule has 0 aromatic carbocycles. The SMILES string of the molecule is CCCCCCCCCCCCCCC(CCCCCCCCCCCCCC)CO[C@@H]1O[C@H](CO)[C@H](O[C@@H]2O[C@@H](C)[C@@H](O)[C@@H](O)[C@@H]2O)[C@H](O[C@H]2O[C@@H](CO)[C@@H](O)[C@@H](CC(=O)O)[C@@H]2O)[C@H]1O. The van der Waals surface area contributed by atoms with Gasteiger partial charge >= 0.3 is 5.97 Å². The molecule has 0 aromatic heterocycles. The van der Waals surface area contributed by atoms with Crippen LogP contribution in [0.4, 0.5) is 0 Å². The molecule has 16 nitrogen and oxygen atoms in total. The molecule has 0 unspecified atom stereocenters. The first kappa shape index (κ1) is 59.2. The van der Waals surface area contributed by atoms with E-state index >= 15 is 0 Å². The van der Waals surface area contributed by atoms with Crippen molar-refractivity contribution in [1.82, 2.24) is 0 Å². The Labute approximate surface area is 396 Å². The number of rotatable bonds is 37. The number of ether oxygens (including phenoxy) is 6. The number of aliphatic carboxylic acids is 1.